The van der Waals surface area contributed by atoms with Gasteiger partial charge in [0.25, 0.3) is 0 Å². The smallest absolute Gasteiger partial charge is 0.313 e. The van der Waals surface area contributed by atoms with E-state index in [9.17, 15) is 8.78 Å². The third-order valence-corrected chi connectivity index (χ3v) is 2.58. The van der Waals surface area contributed by atoms with E-state index in [1.54, 1.807) is 6.07 Å². The zero-order valence-corrected chi connectivity index (χ0v) is 9.08. The van der Waals surface area contributed by atoms with Crippen molar-refractivity contribution in [1.82, 2.24) is 9.88 Å². The highest BCUT2D eigenvalue weighted by Crippen LogP contribution is 2.22. The lowest BCUT2D eigenvalue weighted by Crippen LogP contribution is -2.11. The summed E-state index contributed by atoms with van der Waals surface area (Å²) in [4.78, 5) is 0. The average Bonchev–Trinajstić information content (AvgIpc) is 2.69. The van der Waals surface area contributed by atoms with Gasteiger partial charge in [-0.25, -0.2) is 0 Å². The molecule has 0 spiro atoms. The van der Waals surface area contributed by atoms with Crippen molar-refractivity contribution in [3.63, 3.8) is 0 Å². The van der Waals surface area contributed by atoms with E-state index in [4.69, 9.17) is 0 Å². The van der Waals surface area contributed by atoms with E-state index in [0.29, 0.717) is 12.1 Å². The number of benzene rings is 1. The molecule has 1 N–H and O–H groups in total. The molecule has 0 atom stereocenters. The number of hydrogen-bond donors (Lipinski definition) is 1. The molecule has 0 radical (unpaired) electrons. The summed E-state index contributed by atoms with van der Waals surface area (Å²) in [6.45, 7) is 1.11. The van der Waals surface area contributed by atoms with Crippen LogP contribution in [-0.4, -0.2) is 11.1 Å². The summed E-state index contributed by atoms with van der Waals surface area (Å²) in [5, 5.41) is 4.02. The summed E-state index contributed by atoms with van der Waals surface area (Å²) in [7, 11) is 0. The first-order valence-electron chi connectivity index (χ1n) is 5.30. The van der Waals surface area contributed by atoms with Gasteiger partial charge in [0.1, 0.15) is 0 Å². The first-order chi connectivity index (χ1) is 7.72. The van der Waals surface area contributed by atoms with E-state index in [-0.39, 0.29) is 0 Å². The fourth-order valence-electron chi connectivity index (χ4n) is 1.74. The molecule has 0 bridgehead atoms. The first-order valence-corrected chi connectivity index (χ1v) is 5.30. The van der Waals surface area contributed by atoms with Gasteiger partial charge < -0.3 is 5.32 Å². The molecule has 4 heteroatoms. The standard InChI is InChI=1S/C12H14F2N2/c1-2-15-8-9-3-4-10-5-6-16(12(13)14)11(10)7-9/h3-7,12,15H,2,8H2,1H3. The molecule has 0 amide bonds. The minimum Gasteiger partial charge on any atom is -0.313 e. The number of halogens is 2. The Bertz CT molecular complexity index is 477. The van der Waals surface area contributed by atoms with Crippen LogP contribution in [0.3, 0.4) is 0 Å². The Kier molecular flexibility index (Phi) is 3.19. The molecule has 0 aliphatic carbocycles. The van der Waals surface area contributed by atoms with Crippen LogP contribution in [0, 0.1) is 0 Å². The molecule has 0 fully saturated rings. The van der Waals surface area contributed by atoms with Crippen molar-refractivity contribution in [2.75, 3.05) is 6.54 Å². The highest BCUT2D eigenvalue weighted by Gasteiger charge is 2.09. The summed E-state index contributed by atoms with van der Waals surface area (Å²) in [6, 6.07) is 7.35. The van der Waals surface area contributed by atoms with Crippen LogP contribution in [0.25, 0.3) is 10.9 Å². The molecule has 1 heterocycles. The van der Waals surface area contributed by atoms with E-state index < -0.39 is 6.55 Å². The van der Waals surface area contributed by atoms with Gasteiger partial charge in [-0.1, -0.05) is 19.1 Å². The Balaban J connectivity index is 2.38. The minimum absolute atomic E-state index is 0.588. The fourth-order valence-corrected chi connectivity index (χ4v) is 1.74. The van der Waals surface area contributed by atoms with Crippen LogP contribution in [-0.2, 0) is 6.54 Å². The zero-order chi connectivity index (χ0) is 11.5. The molecular weight excluding hydrogens is 210 g/mol. The number of hydrogen-bond acceptors (Lipinski definition) is 1. The van der Waals surface area contributed by atoms with E-state index in [0.717, 1.165) is 22.1 Å². The lowest BCUT2D eigenvalue weighted by molar-refractivity contribution is 0.0752. The second-order valence-corrected chi connectivity index (χ2v) is 3.67. The second-order valence-electron chi connectivity index (χ2n) is 3.67. The molecule has 86 valence electrons. The van der Waals surface area contributed by atoms with E-state index in [1.807, 2.05) is 25.1 Å². The lowest BCUT2D eigenvalue weighted by atomic mass is 10.1. The van der Waals surface area contributed by atoms with Crippen LogP contribution in [0.5, 0.6) is 0 Å². The molecule has 1 aromatic carbocycles. The predicted octanol–water partition coefficient (Wildman–Crippen LogP) is 3.15. The second kappa shape index (κ2) is 4.61. The van der Waals surface area contributed by atoms with E-state index in [2.05, 4.69) is 5.32 Å². The molecule has 0 saturated heterocycles. The van der Waals surface area contributed by atoms with Crippen molar-refractivity contribution < 1.29 is 8.78 Å². The molecule has 16 heavy (non-hydrogen) atoms. The van der Waals surface area contributed by atoms with Crippen LogP contribution < -0.4 is 5.32 Å². The predicted molar refractivity (Wildman–Crippen MR) is 60.6 cm³/mol. The van der Waals surface area contributed by atoms with Crippen molar-refractivity contribution in [1.29, 1.82) is 0 Å². The topological polar surface area (TPSA) is 17.0 Å². The van der Waals surface area contributed by atoms with Gasteiger partial charge in [-0.15, -0.1) is 0 Å². The monoisotopic (exact) mass is 224 g/mol. The van der Waals surface area contributed by atoms with E-state index >= 15 is 0 Å². The maximum atomic E-state index is 12.7. The molecule has 1 aromatic heterocycles. The number of alkyl halides is 2. The van der Waals surface area contributed by atoms with Crippen LogP contribution in [0.4, 0.5) is 8.78 Å². The molecule has 2 rings (SSSR count). The Labute approximate surface area is 92.9 Å². The van der Waals surface area contributed by atoms with Crippen molar-refractivity contribution in [3.8, 4) is 0 Å². The Morgan fingerprint density at radius 3 is 2.81 bits per heavy atom. The van der Waals surface area contributed by atoms with Crippen molar-refractivity contribution in [2.24, 2.45) is 0 Å². The average molecular weight is 224 g/mol. The number of fused-ring (bicyclic) bond motifs is 1. The summed E-state index contributed by atoms with van der Waals surface area (Å²) in [6.07, 6.45) is 1.42. The Morgan fingerprint density at radius 1 is 1.31 bits per heavy atom. The highest BCUT2D eigenvalue weighted by molar-refractivity contribution is 5.80. The van der Waals surface area contributed by atoms with Gasteiger partial charge in [0.05, 0.1) is 5.52 Å². The Morgan fingerprint density at radius 2 is 2.12 bits per heavy atom. The van der Waals surface area contributed by atoms with Gasteiger partial charge in [-0.3, -0.25) is 4.57 Å². The van der Waals surface area contributed by atoms with Crippen molar-refractivity contribution in [3.05, 3.63) is 36.0 Å². The van der Waals surface area contributed by atoms with Crippen molar-refractivity contribution >= 4 is 10.9 Å². The van der Waals surface area contributed by atoms with Crippen LogP contribution >= 0.6 is 0 Å². The lowest BCUT2D eigenvalue weighted by Gasteiger charge is -2.06. The third kappa shape index (κ3) is 2.07. The molecule has 0 aliphatic rings. The zero-order valence-electron chi connectivity index (χ0n) is 9.08. The largest absolute Gasteiger partial charge is 0.319 e. The van der Waals surface area contributed by atoms with Gasteiger partial charge >= 0.3 is 6.55 Å². The Hall–Kier alpha value is -1.42. The van der Waals surface area contributed by atoms with Gasteiger partial charge in [0.2, 0.25) is 0 Å². The third-order valence-electron chi connectivity index (χ3n) is 2.58. The quantitative estimate of drug-likeness (QED) is 0.844. The molecule has 0 unspecified atom stereocenters. The minimum atomic E-state index is -2.48. The van der Waals surface area contributed by atoms with Gasteiger partial charge in [-0.2, -0.15) is 8.78 Å². The first kappa shape index (κ1) is 11.1. The molecule has 0 saturated carbocycles. The van der Waals surface area contributed by atoms with Gasteiger partial charge in [-0.05, 0) is 29.6 Å². The number of rotatable bonds is 4. The summed E-state index contributed by atoms with van der Waals surface area (Å²) < 4.78 is 26.3. The summed E-state index contributed by atoms with van der Waals surface area (Å²) in [5.41, 5.74) is 1.61. The normalized spacial score (nSPS) is 11.5. The maximum absolute atomic E-state index is 12.7. The molecule has 0 aliphatic heterocycles. The van der Waals surface area contributed by atoms with E-state index in [1.165, 1.54) is 6.20 Å². The highest BCUT2D eigenvalue weighted by atomic mass is 19.3. The van der Waals surface area contributed by atoms with Crippen molar-refractivity contribution in [2.45, 2.75) is 20.0 Å². The molecular formula is C12H14F2N2. The molecule has 2 nitrogen and oxygen atoms in total. The van der Waals surface area contributed by atoms with Gasteiger partial charge in [0, 0.05) is 12.7 Å². The van der Waals surface area contributed by atoms with Crippen LogP contribution in [0.2, 0.25) is 0 Å². The summed E-state index contributed by atoms with van der Waals surface area (Å²) in [5.74, 6) is 0. The summed E-state index contributed by atoms with van der Waals surface area (Å²) >= 11 is 0. The number of nitrogens with zero attached hydrogens (tertiary/aromatic N) is 1. The maximum Gasteiger partial charge on any atom is 0.319 e. The van der Waals surface area contributed by atoms with Crippen LogP contribution in [0.15, 0.2) is 30.5 Å². The van der Waals surface area contributed by atoms with Crippen LogP contribution in [0.1, 0.15) is 19.0 Å². The fraction of sp³-hybridized carbons (Fsp3) is 0.333. The SMILES string of the molecule is CCNCc1ccc2ccn(C(F)F)c2c1. The van der Waals surface area contributed by atoms with Gasteiger partial charge in [0.15, 0.2) is 0 Å². The number of nitrogens with one attached hydrogen (secondary N) is 1. The molecule has 2 aromatic rings. The number of aromatic nitrogens is 1.